The molecule has 0 heteroatoms. The van der Waals surface area contributed by atoms with Crippen LogP contribution in [0.5, 0.6) is 0 Å². The van der Waals surface area contributed by atoms with Crippen molar-refractivity contribution < 1.29 is 0 Å². The van der Waals surface area contributed by atoms with Crippen LogP contribution < -0.4 is 0 Å². The molecule has 0 aromatic rings. The molecule has 0 saturated heterocycles. The highest BCUT2D eigenvalue weighted by atomic mass is 14.4. The van der Waals surface area contributed by atoms with Gasteiger partial charge in [0.2, 0.25) is 0 Å². The second kappa shape index (κ2) is 24.6. The van der Waals surface area contributed by atoms with Gasteiger partial charge in [-0.05, 0) is 41.4 Å². The number of hydrogen-bond acceptors (Lipinski definition) is 0. The van der Waals surface area contributed by atoms with E-state index in [0.717, 1.165) is 23.2 Å². The summed E-state index contributed by atoms with van der Waals surface area (Å²) in [4.78, 5) is 0. The van der Waals surface area contributed by atoms with E-state index in [4.69, 9.17) is 0 Å². The molecule has 3 saturated carbocycles. The van der Waals surface area contributed by atoms with Crippen LogP contribution in [0.25, 0.3) is 0 Å². The van der Waals surface area contributed by atoms with Gasteiger partial charge in [-0.1, -0.05) is 162 Å². The molecule has 0 bridgehead atoms. The minimum Gasteiger partial charge on any atom is -0.0683 e. The standard InChI is InChI=1S/C6H12.2C5H10.2C5H12.C3H8.C2H6/c1-6-4-2-3-5-6;1-5(2)3-4-5;1-2-5-3-4-5;1-5(2,3)4;1-4-5(2)3;1-3-2;1-2/h6H,2-5H2,1H3;3-4H2,1-2H3;5H,2-4H2,1H3;1-4H3;5H,4H2,1-3H3;3H2,1-2H3;1-2H3. The van der Waals surface area contributed by atoms with Crippen molar-refractivity contribution in [1.29, 1.82) is 0 Å². The van der Waals surface area contributed by atoms with Crippen molar-refractivity contribution in [3.8, 4) is 0 Å². The highest BCUT2D eigenvalue weighted by molar-refractivity contribution is 4.82. The van der Waals surface area contributed by atoms with Crippen molar-refractivity contribution in [2.24, 2.45) is 28.6 Å². The topological polar surface area (TPSA) is 0 Å². The van der Waals surface area contributed by atoms with Crippen molar-refractivity contribution in [2.45, 2.75) is 174 Å². The molecule has 0 aromatic carbocycles. The maximum Gasteiger partial charge on any atom is -0.0354 e. The molecule has 3 fully saturated rings. The van der Waals surface area contributed by atoms with E-state index < -0.39 is 0 Å². The highest BCUT2D eigenvalue weighted by Crippen LogP contribution is 2.43. The van der Waals surface area contributed by atoms with Gasteiger partial charge in [-0.15, -0.1) is 0 Å². The zero-order chi connectivity index (χ0) is 25.5. The third-order valence-corrected chi connectivity index (χ3v) is 4.98. The molecule has 31 heavy (non-hydrogen) atoms. The lowest BCUT2D eigenvalue weighted by Gasteiger charge is -2.05. The first-order chi connectivity index (χ1) is 14.2. The minimum atomic E-state index is 0.500. The fraction of sp³-hybridized carbons (Fsp3) is 1.00. The Labute approximate surface area is 203 Å². The zero-order valence-corrected chi connectivity index (χ0v) is 25.5. The summed E-state index contributed by atoms with van der Waals surface area (Å²) in [6.45, 7) is 32.8. The Hall–Kier alpha value is 0. The second-order valence-electron chi connectivity index (χ2n) is 12.4. The molecule has 0 radical (unpaired) electrons. The summed E-state index contributed by atoms with van der Waals surface area (Å²) in [7, 11) is 0. The quantitative estimate of drug-likeness (QED) is 0.398. The molecule has 194 valence electrons. The van der Waals surface area contributed by atoms with Gasteiger partial charge in [0.15, 0.2) is 0 Å². The monoisotopic (exact) mass is 443 g/mol. The van der Waals surface area contributed by atoms with Gasteiger partial charge in [-0.2, -0.15) is 0 Å². The summed E-state index contributed by atoms with van der Waals surface area (Å²) >= 11 is 0. The van der Waals surface area contributed by atoms with Gasteiger partial charge >= 0.3 is 0 Å². The van der Waals surface area contributed by atoms with Crippen LogP contribution in [-0.2, 0) is 0 Å². The van der Waals surface area contributed by atoms with Crippen LogP contribution in [0.1, 0.15) is 174 Å². The van der Waals surface area contributed by atoms with Gasteiger partial charge in [-0.3, -0.25) is 0 Å². The van der Waals surface area contributed by atoms with Crippen LogP contribution in [0.15, 0.2) is 0 Å². The van der Waals surface area contributed by atoms with Gasteiger partial charge in [0.1, 0.15) is 0 Å². The fourth-order valence-corrected chi connectivity index (χ4v) is 1.91. The molecule has 3 aliphatic carbocycles. The van der Waals surface area contributed by atoms with E-state index in [0.29, 0.717) is 5.41 Å². The minimum absolute atomic E-state index is 0.500. The van der Waals surface area contributed by atoms with Gasteiger partial charge in [0.05, 0.1) is 0 Å². The smallest absolute Gasteiger partial charge is 0.0354 e. The van der Waals surface area contributed by atoms with Gasteiger partial charge in [-0.25, -0.2) is 0 Å². The van der Waals surface area contributed by atoms with Crippen LogP contribution in [0.2, 0.25) is 0 Å². The molecule has 0 amide bonds. The Kier molecular flexibility index (Phi) is 30.4. The lowest BCUT2D eigenvalue weighted by molar-refractivity contribution is 0.469. The average molecular weight is 443 g/mol. The van der Waals surface area contributed by atoms with E-state index in [2.05, 4.69) is 90.0 Å². The summed E-state index contributed by atoms with van der Waals surface area (Å²) in [5, 5.41) is 0. The average Bonchev–Trinajstić information content (AvgIpc) is 3.58. The lowest BCUT2D eigenvalue weighted by Crippen LogP contribution is -1.93. The van der Waals surface area contributed by atoms with Crippen LogP contribution in [0.4, 0.5) is 0 Å². The first kappa shape index (κ1) is 38.3. The summed E-state index contributed by atoms with van der Waals surface area (Å²) < 4.78 is 0. The number of hydrogen-bond donors (Lipinski definition) is 0. The molecule has 0 aromatic heterocycles. The van der Waals surface area contributed by atoms with E-state index in [1.807, 2.05) is 13.8 Å². The molecule has 0 aliphatic heterocycles. The molecule has 0 unspecified atom stereocenters. The molecular formula is C31H70. The fourth-order valence-electron chi connectivity index (χ4n) is 1.91. The maximum atomic E-state index is 2.34. The largest absolute Gasteiger partial charge is 0.0683 e. The molecular weight excluding hydrogens is 372 g/mol. The summed E-state index contributed by atoms with van der Waals surface area (Å²) in [6.07, 6.45) is 15.8. The third kappa shape index (κ3) is 65.2. The van der Waals surface area contributed by atoms with Crippen molar-refractivity contribution in [3.05, 3.63) is 0 Å². The van der Waals surface area contributed by atoms with E-state index in [-0.39, 0.29) is 0 Å². The molecule has 0 heterocycles. The Morgan fingerprint density at radius 2 is 1.03 bits per heavy atom. The van der Waals surface area contributed by atoms with Crippen molar-refractivity contribution in [1.82, 2.24) is 0 Å². The van der Waals surface area contributed by atoms with E-state index in [9.17, 15) is 0 Å². The molecule has 0 N–H and O–H groups in total. The summed E-state index contributed by atoms with van der Waals surface area (Å²) in [5.74, 6) is 3.06. The Balaban J connectivity index is -0.000000140. The highest BCUT2D eigenvalue weighted by Gasteiger charge is 2.30. The SMILES string of the molecule is CC.CC(C)(C)C.CC1(C)CC1.CC1CCCC1.CCC.CCC(C)C.CCC1CC1. The Bertz CT molecular complexity index is 276. The van der Waals surface area contributed by atoms with Crippen LogP contribution in [0.3, 0.4) is 0 Å². The Morgan fingerprint density at radius 1 is 0.774 bits per heavy atom. The lowest BCUT2D eigenvalue weighted by atomic mass is 10.0. The molecule has 3 rings (SSSR count). The third-order valence-electron chi connectivity index (χ3n) is 4.98. The summed E-state index contributed by atoms with van der Waals surface area (Å²) in [6, 6.07) is 0. The van der Waals surface area contributed by atoms with E-state index in [1.54, 1.807) is 0 Å². The second-order valence-corrected chi connectivity index (χ2v) is 12.4. The Morgan fingerprint density at radius 3 is 1.06 bits per heavy atom. The molecule has 3 aliphatic rings. The van der Waals surface area contributed by atoms with Gasteiger partial charge < -0.3 is 0 Å². The van der Waals surface area contributed by atoms with Crippen LogP contribution >= 0.6 is 0 Å². The zero-order valence-electron chi connectivity index (χ0n) is 25.5. The van der Waals surface area contributed by atoms with E-state index in [1.165, 1.54) is 70.6 Å². The molecule has 0 spiro atoms. The first-order valence-corrected chi connectivity index (χ1v) is 14.2. The van der Waals surface area contributed by atoms with Crippen molar-refractivity contribution >= 4 is 0 Å². The number of rotatable bonds is 2. The van der Waals surface area contributed by atoms with Gasteiger partial charge in [0.25, 0.3) is 0 Å². The normalized spacial score (nSPS) is 17.8. The first-order valence-electron chi connectivity index (χ1n) is 14.2. The van der Waals surface area contributed by atoms with Gasteiger partial charge in [0, 0.05) is 0 Å². The van der Waals surface area contributed by atoms with Crippen molar-refractivity contribution in [3.63, 3.8) is 0 Å². The van der Waals surface area contributed by atoms with Crippen LogP contribution in [-0.4, -0.2) is 0 Å². The molecule has 0 nitrogen and oxygen atoms in total. The van der Waals surface area contributed by atoms with Crippen molar-refractivity contribution in [2.75, 3.05) is 0 Å². The van der Waals surface area contributed by atoms with Crippen LogP contribution in [0, 0.1) is 28.6 Å². The molecule has 0 atom stereocenters. The predicted molar refractivity (Wildman–Crippen MR) is 151 cm³/mol. The summed E-state index contributed by atoms with van der Waals surface area (Å²) in [5.41, 5.74) is 1.25. The van der Waals surface area contributed by atoms with E-state index >= 15 is 0 Å². The maximum absolute atomic E-state index is 2.34. The predicted octanol–water partition coefficient (Wildman–Crippen LogP) is 12.4.